The van der Waals surface area contributed by atoms with E-state index in [1.807, 2.05) is 31.2 Å². The summed E-state index contributed by atoms with van der Waals surface area (Å²) in [6.07, 6.45) is 0.296. The number of carbonyl (C=O) groups excluding carboxylic acids is 1. The van der Waals surface area contributed by atoms with Crippen LogP contribution in [0.1, 0.15) is 12.0 Å². The van der Waals surface area contributed by atoms with E-state index < -0.39 is 0 Å². The third kappa shape index (κ3) is 2.52. The van der Waals surface area contributed by atoms with E-state index in [2.05, 4.69) is 5.32 Å². The van der Waals surface area contributed by atoms with Crippen molar-refractivity contribution < 1.29 is 9.90 Å². The van der Waals surface area contributed by atoms with E-state index in [1.165, 1.54) is 0 Å². The fraction of sp³-hybridized carbons (Fsp3) is 0.417. The Morgan fingerprint density at radius 1 is 1.44 bits per heavy atom. The van der Waals surface area contributed by atoms with Gasteiger partial charge in [0, 0.05) is 18.8 Å². The molecule has 2 amide bonds. The lowest BCUT2D eigenvalue weighted by Gasteiger charge is -2.16. The van der Waals surface area contributed by atoms with E-state index in [9.17, 15) is 9.90 Å². The van der Waals surface area contributed by atoms with Crippen molar-refractivity contribution in [2.45, 2.75) is 19.4 Å². The van der Waals surface area contributed by atoms with Gasteiger partial charge in [-0.15, -0.1) is 0 Å². The number of anilines is 1. The maximum atomic E-state index is 11.7. The molecule has 1 atom stereocenters. The van der Waals surface area contributed by atoms with E-state index in [0.717, 1.165) is 11.3 Å². The van der Waals surface area contributed by atoms with Crippen LogP contribution in [0.2, 0.25) is 0 Å². The number of nitrogens with one attached hydrogen (secondary N) is 1. The quantitative estimate of drug-likeness (QED) is 0.755. The fourth-order valence-electron chi connectivity index (χ4n) is 1.77. The molecule has 0 aromatic heterocycles. The van der Waals surface area contributed by atoms with Gasteiger partial charge in [0.25, 0.3) is 0 Å². The zero-order chi connectivity index (χ0) is 11.5. The number of carbonyl (C=O) groups is 1. The molecule has 86 valence electrons. The number of urea groups is 1. The zero-order valence-corrected chi connectivity index (χ0v) is 9.31. The third-order valence-electron chi connectivity index (χ3n) is 2.75. The summed E-state index contributed by atoms with van der Waals surface area (Å²) in [7, 11) is 0. The number of aryl methyl sites for hydroxylation is 1. The van der Waals surface area contributed by atoms with Crippen LogP contribution >= 0.6 is 0 Å². The molecule has 0 spiro atoms. The smallest absolute Gasteiger partial charge is 0.321 e. The van der Waals surface area contributed by atoms with Crippen LogP contribution in [0.5, 0.6) is 0 Å². The molecule has 0 saturated carbocycles. The van der Waals surface area contributed by atoms with Crippen molar-refractivity contribution in [1.82, 2.24) is 4.90 Å². The van der Waals surface area contributed by atoms with Crippen molar-refractivity contribution in [3.63, 3.8) is 0 Å². The average molecular weight is 220 g/mol. The first-order valence-corrected chi connectivity index (χ1v) is 5.46. The minimum Gasteiger partial charge on any atom is -0.391 e. The second-order valence-corrected chi connectivity index (χ2v) is 4.18. The predicted octanol–water partition coefficient (Wildman–Crippen LogP) is 1.59. The summed E-state index contributed by atoms with van der Waals surface area (Å²) in [4.78, 5) is 13.4. The Kier molecular flexibility index (Phi) is 3.10. The first-order chi connectivity index (χ1) is 7.65. The molecule has 0 unspecified atom stereocenters. The Bertz CT molecular complexity index is 375. The van der Waals surface area contributed by atoms with Crippen LogP contribution in [0.4, 0.5) is 10.5 Å². The highest BCUT2D eigenvalue weighted by molar-refractivity contribution is 5.89. The van der Waals surface area contributed by atoms with Gasteiger partial charge in [-0.05, 0) is 25.5 Å². The molecule has 1 fully saturated rings. The maximum absolute atomic E-state index is 11.7. The number of hydrogen-bond acceptors (Lipinski definition) is 2. The molecule has 1 saturated heterocycles. The molecule has 1 aromatic carbocycles. The van der Waals surface area contributed by atoms with Gasteiger partial charge in [0.15, 0.2) is 0 Å². The molecule has 4 heteroatoms. The topological polar surface area (TPSA) is 52.6 Å². The van der Waals surface area contributed by atoms with Crippen molar-refractivity contribution >= 4 is 11.7 Å². The number of amides is 2. The highest BCUT2D eigenvalue weighted by Gasteiger charge is 2.24. The van der Waals surface area contributed by atoms with Gasteiger partial charge < -0.3 is 15.3 Å². The SMILES string of the molecule is Cc1ccc(NC(=O)N2CC[C@@H](O)C2)cc1. The van der Waals surface area contributed by atoms with Gasteiger partial charge in [0.05, 0.1) is 6.10 Å². The van der Waals surface area contributed by atoms with Crippen LogP contribution < -0.4 is 5.32 Å². The fourth-order valence-corrected chi connectivity index (χ4v) is 1.77. The molecule has 0 radical (unpaired) electrons. The molecular weight excluding hydrogens is 204 g/mol. The lowest BCUT2D eigenvalue weighted by atomic mass is 10.2. The summed E-state index contributed by atoms with van der Waals surface area (Å²) in [5, 5.41) is 12.1. The van der Waals surface area contributed by atoms with Crippen LogP contribution in [-0.2, 0) is 0 Å². The number of aliphatic hydroxyl groups excluding tert-OH is 1. The largest absolute Gasteiger partial charge is 0.391 e. The Hall–Kier alpha value is -1.55. The first-order valence-electron chi connectivity index (χ1n) is 5.46. The molecular formula is C12H16N2O2. The molecule has 1 heterocycles. The Labute approximate surface area is 94.9 Å². The monoisotopic (exact) mass is 220 g/mol. The third-order valence-corrected chi connectivity index (χ3v) is 2.75. The maximum Gasteiger partial charge on any atom is 0.321 e. The first kappa shape index (κ1) is 11.0. The minimum atomic E-state index is -0.372. The van der Waals surface area contributed by atoms with Crippen molar-refractivity contribution in [3.8, 4) is 0 Å². The molecule has 1 aliphatic heterocycles. The van der Waals surface area contributed by atoms with E-state index in [4.69, 9.17) is 0 Å². The number of benzene rings is 1. The molecule has 4 nitrogen and oxygen atoms in total. The van der Waals surface area contributed by atoms with E-state index in [0.29, 0.717) is 19.5 Å². The summed E-state index contributed by atoms with van der Waals surface area (Å²) in [5.74, 6) is 0. The summed E-state index contributed by atoms with van der Waals surface area (Å²) in [5.41, 5.74) is 1.95. The van der Waals surface area contributed by atoms with Crippen LogP contribution in [0, 0.1) is 6.92 Å². The van der Waals surface area contributed by atoms with Crippen LogP contribution in [0.25, 0.3) is 0 Å². The van der Waals surface area contributed by atoms with Crippen LogP contribution in [-0.4, -0.2) is 35.2 Å². The standard InChI is InChI=1S/C12H16N2O2/c1-9-2-4-10(5-3-9)13-12(16)14-7-6-11(15)8-14/h2-5,11,15H,6-8H2,1H3,(H,13,16)/t11-/m1/s1. The molecule has 2 N–H and O–H groups in total. The van der Waals surface area contributed by atoms with Crippen LogP contribution in [0.3, 0.4) is 0 Å². The lowest BCUT2D eigenvalue weighted by molar-refractivity contribution is 0.176. The molecule has 16 heavy (non-hydrogen) atoms. The lowest BCUT2D eigenvalue weighted by Crippen LogP contribution is -2.33. The number of rotatable bonds is 1. The van der Waals surface area contributed by atoms with Gasteiger partial charge in [0.1, 0.15) is 0 Å². The number of hydrogen-bond donors (Lipinski definition) is 2. The average Bonchev–Trinajstić information content (AvgIpc) is 2.68. The second kappa shape index (κ2) is 4.53. The highest BCUT2D eigenvalue weighted by atomic mass is 16.3. The highest BCUT2D eigenvalue weighted by Crippen LogP contribution is 2.13. The number of β-amino-alcohol motifs (C(OH)–C–C–N with tert-alkyl or cyclic N) is 1. The minimum absolute atomic E-state index is 0.139. The molecule has 2 rings (SSSR count). The predicted molar refractivity (Wildman–Crippen MR) is 62.4 cm³/mol. The van der Waals surface area contributed by atoms with E-state index >= 15 is 0 Å². The summed E-state index contributed by atoms with van der Waals surface area (Å²) < 4.78 is 0. The number of nitrogens with zero attached hydrogens (tertiary/aromatic N) is 1. The van der Waals surface area contributed by atoms with E-state index in [1.54, 1.807) is 4.90 Å². The van der Waals surface area contributed by atoms with Gasteiger partial charge in [-0.3, -0.25) is 0 Å². The van der Waals surface area contributed by atoms with Crippen molar-refractivity contribution in [2.24, 2.45) is 0 Å². The van der Waals surface area contributed by atoms with Crippen molar-refractivity contribution in [2.75, 3.05) is 18.4 Å². The number of likely N-dealkylation sites (tertiary alicyclic amines) is 1. The molecule has 0 aliphatic carbocycles. The van der Waals surface area contributed by atoms with Gasteiger partial charge in [0.2, 0.25) is 0 Å². The van der Waals surface area contributed by atoms with Gasteiger partial charge in [-0.25, -0.2) is 4.79 Å². The molecule has 1 aromatic rings. The second-order valence-electron chi connectivity index (χ2n) is 4.18. The Morgan fingerprint density at radius 2 is 2.12 bits per heavy atom. The van der Waals surface area contributed by atoms with Gasteiger partial charge in [-0.2, -0.15) is 0 Å². The van der Waals surface area contributed by atoms with Gasteiger partial charge in [-0.1, -0.05) is 17.7 Å². The Morgan fingerprint density at radius 3 is 2.69 bits per heavy atom. The van der Waals surface area contributed by atoms with Crippen LogP contribution in [0.15, 0.2) is 24.3 Å². The zero-order valence-electron chi connectivity index (χ0n) is 9.31. The van der Waals surface area contributed by atoms with Crippen molar-refractivity contribution in [1.29, 1.82) is 0 Å². The summed E-state index contributed by atoms with van der Waals surface area (Å²) in [6, 6.07) is 7.52. The summed E-state index contributed by atoms with van der Waals surface area (Å²) in [6.45, 7) is 3.05. The molecule has 0 bridgehead atoms. The van der Waals surface area contributed by atoms with E-state index in [-0.39, 0.29) is 12.1 Å². The molecule has 1 aliphatic rings. The normalized spacial score (nSPS) is 19.9. The number of aliphatic hydroxyl groups is 1. The summed E-state index contributed by atoms with van der Waals surface area (Å²) >= 11 is 0. The Balaban J connectivity index is 1.94. The van der Waals surface area contributed by atoms with Crippen molar-refractivity contribution in [3.05, 3.63) is 29.8 Å². The van der Waals surface area contributed by atoms with Gasteiger partial charge >= 0.3 is 6.03 Å².